The van der Waals surface area contributed by atoms with Gasteiger partial charge in [-0.1, -0.05) is 0 Å². The Balaban J connectivity index is 1.92. The number of aromatic nitrogens is 2. The number of ether oxygens (including phenoxy) is 3. The Kier molecular flexibility index (Phi) is 4.19. The number of aromatic amines is 1. The molecule has 5 heteroatoms. The molecule has 0 atom stereocenters. The van der Waals surface area contributed by atoms with E-state index < -0.39 is 0 Å². The molecule has 0 aliphatic heterocycles. The van der Waals surface area contributed by atoms with E-state index in [1.54, 1.807) is 21.3 Å². The maximum absolute atomic E-state index is 5.34. The van der Waals surface area contributed by atoms with Crippen LogP contribution in [0.1, 0.15) is 0 Å². The second kappa shape index (κ2) is 6.44. The normalized spacial score (nSPS) is 10.4. The summed E-state index contributed by atoms with van der Waals surface area (Å²) in [5.41, 5.74) is 3.79. The van der Waals surface area contributed by atoms with E-state index in [1.165, 1.54) is 0 Å². The van der Waals surface area contributed by atoms with Crippen molar-refractivity contribution in [3.63, 3.8) is 0 Å². The van der Waals surface area contributed by atoms with E-state index in [9.17, 15) is 0 Å². The monoisotopic (exact) mass is 310 g/mol. The predicted octanol–water partition coefficient (Wildman–Crippen LogP) is 3.77. The molecule has 0 amide bonds. The average molecular weight is 310 g/mol. The fourth-order valence-corrected chi connectivity index (χ4v) is 2.38. The molecule has 0 aliphatic rings. The van der Waals surface area contributed by atoms with Crippen LogP contribution in [-0.4, -0.2) is 31.5 Å². The average Bonchev–Trinajstić information content (AvgIpc) is 3.11. The SMILES string of the molecule is COc1ccc(-c2cc(-c3ccc(OC)c(OC)c3)n[nH]2)cc1. The van der Waals surface area contributed by atoms with Crippen molar-refractivity contribution in [3.8, 4) is 39.8 Å². The second-order valence-electron chi connectivity index (χ2n) is 4.97. The van der Waals surface area contributed by atoms with Crippen molar-refractivity contribution in [3.05, 3.63) is 48.5 Å². The number of hydrogen-bond acceptors (Lipinski definition) is 4. The molecule has 0 saturated heterocycles. The first-order valence-corrected chi connectivity index (χ1v) is 7.17. The molecule has 3 aromatic rings. The topological polar surface area (TPSA) is 56.4 Å². The van der Waals surface area contributed by atoms with Crippen molar-refractivity contribution in [2.45, 2.75) is 0 Å². The summed E-state index contributed by atoms with van der Waals surface area (Å²) in [5, 5.41) is 7.44. The van der Waals surface area contributed by atoms with Gasteiger partial charge < -0.3 is 14.2 Å². The van der Waals surface area contributed by atoms with Crippen LogP contribution < -0.4 is 14.2 Å². The highest BCUT2D eigenvalue weighted by Crippen LogP contribution is 2.32. The van der Waals surface area contributed by atoms with Gasteiger partial charge in [0.25, 0.3) is 0 Å². The van der Waals surface area contributed by atoms with Crippen molar-refractivity contribution >= 4 is 0 Å². The fraction of sp³-hybridized carbons (Fsp3) is 0.167. The zero-order valence-corrected chi connectivity index (χ0v) is 13.3. The molecule has 0 spiro atoms. The second-order valence-corrected chi connectivity index (χ2v) is 4.97. The number of rotatable bonds is 5. The van der Waals surface area contributed by atoms with Crippen molar-refractivity contribution < 1.29 is 14.2 Å². The number of nitrogens with one attached hydrogen (secondary N) is 1. The molecule has 0 saturated carbocycles. The van der Waals surface area contributed by atoms with E-state index in [0.717, 1.165) is 28.3 Å². The van der Waals surface area contributed by atoms with Crippen LogP contribution in [0.2, 0.25) is 0 Å². The largest absolute Gasteiger partial charge is 0.497 e. The molecular weight excluding hydrogens is 292 g/mol. The summed E-state index contributed by atoms with van der Waals surface area (Å²) in [4.78, 5) is 0. The minimum absolute atomic E-state index is 0.680. The van der Waals surface area contributed by atoms with Crippen LogP contribution in [0.5, 0.6) is 17.2 Å². The molecule has 0 unspecified atom stereocenters. The van der Waals surface area contributed by atoms with Gasteiger partial charge in [0.05, 0.1) is 32.7 Å². The van der Waals surface area contributed by atoms with E-state index >= 15 is 0 Å². The molecule has 5 nitrogen and oxygen atoms in total. The molecule has 2 aromatic carbocycles. The van der Waals surface area contributed by atoms with Gasteiger partial charge in [0.1, 0.15) is 5.75 Å². The first-order chi connectivity index (χ1) is 11.2. The smallest absolute Gasteiger partial charge is 0.161 e. The Bertz CT molecular complexity index is 794. The zero-order valence-electron chi connectivity index (χ0n) is 13.3. The van der Waals surface area contributed by atoms with Crippen molar-refractivity contribution in [2.24, 2.45) is 0 Å². The van der Waals surface area contributed by atoms with E-state index in [0.29, 0.717) is 11.5 Å². The van der Waals surface area contributed by atoms with Crippen LogP contribution >= 0.6 is 0 Å². The number of benzene rings is 2. The minimum Gasteiger partial charge on any atom is -0.497 e. The molecule has 1 N–H and O–H groups in total. The molecular formula is C18H18N2O3. The third kappa shape index (κ3) is 2.99. The summed E-state index contributed by atoms with van der Waals surface area (Å²) in [7, 11) is 4.89. The molecule has 0 aliphatic carbocycles. The summed E-state index contributed by atoms with van der Waals surface area (Å²) in [6.07, 6.45) is 0. The Morgan fingerprint density at radius 3 is 2.09 bits per heavy atom. The van der Waals surface area contributed by atoms with Crippen LogP contribution in [0.25, 0.3) is 22.5 Å². The molecule has 0 radical (unpaired) electrons. The predicted molar refractivity (Wildman–Crippen MR) is 89.1 cm³/mol. The molecule has 0 bridgehead atoms. The lowest BCUT2D eigenvalue weighted by Crippen LogP contribution is -1.90. The highest BCUT2D eigenvalue weighted by molar-refractivity contribution is 5.70. The van der Waals surface area contributed by atoms with Crippen LogP contribution in [-0.2, 0) is 0 Å². The summed E-state index contributed by atoms with van der Waals surface area (Å²) >= 11 is 0. The van der Waals surface area contributed by atoms with Crippen LogP contribution in [0.3, 0.4) is 0 Å². The lowest BCUT2D eigenvalue weighted by molar-refractivity contribution is 0.355. The maximum atomic E-state index is 5.34. The van der Waals surface area contributed by atoms with Gasteiger partial charge >= 0.3 is 0 Å². The maximum Gasteiger partial charge on any atom is 0.161 e. The van der Waals surface area contributed by atoms with Crippen LogP contribution in [0.4, 0.5) is 0 Å². The molecule has 118 valence electrons. The Morgan fingerprint density at radius 2 is 1.43 bits per heavy atom. The standard InChI is InChI=1S/C18H18N2O3/c1-21-14-7-4-12(5-8-14)15-11-16(20-19-15)13-6-9-17(22-2)18(10-13)23-3/h4-11H,1-3H3,(H,19,20). The van der Waals surface area contributed by atoms with E-state index in [4.69, 9.17) is 14.2 Å². The third-order valence-electron chi connectivity index (χ3n) is 3.66. The van der Waals surface area contributed by atoms with Gasteiger partial charge in [0.2, 0.25) is 0 Å². The van der Waals surface area contributed by atoms with E-state index in [1.807, 2.05) is 48.5 Å². The quantitative estimate of drug-likeness (QED) is 0.779. The molecule has 1 heterocycles. The van der Waals surface area contributed by atoms with Gasteiger partial charge in [-0.15, -0.1) is 0 Å². The van der Waals surface area contributed by atoms with Crippen molar-refractivity contribution in [1.29, 1.82) is 0 Å². The number of H-pyrrole nitrogens is 1. The number of methoxy groups -OCH3 is 3. The number of nitrogens with zero attached hydrogens (tertiary/aromatic N) is 1. The Labute approximate surface area is 134 Å². The zero-order chi connectivity index (χ0) is 16.2. The molecule has 23 heavy (non-hydrogen) atoms. The summed E-state index contributed by atoms with van der Waals surface area (Å²) in [6.45, 7) is 0. The minimum atomic E-state index is 0.680. The van der Waals surface area contributed by atoms with Gasteiger partial charge in [0.15, 0.2) is 11.5 Å². The van der Waals surface area contributed by atoms with Crippen molar-refractivity contribution in [2.75, 3.05) is 21.3 Å². The fourth-order valence-electron chi connectivity index (χ4n) is 2.38. The molecule has 3 rings (SSSR count). The van der Waals surface area contributed by atoms with E-state index in [2.05, 4.69) is 10.2 Å². The van der Waals surface area contributed by atoms with Gasteiger partial charge in [-0.2, -0.15) is 5.10 Å². The molecule has 1 aromatic heterocycles. The van der Waals surface area contributed by atoms with Gasteiger partial charge in [-0.25, -0.2) is 0 Å². The Morgan fingerprint density at radius 1 is 0.739 bits per heavy atom. The Hall–Kier alpha value is -2.95. The highest BCUT2D eigenvalue weighted by atomic mass is 16.5. The number of hydrogen-bond donors (Lipinski definition) is 1. The summed E-state index contributed by atoms with van der Waals surface area (Å²) < 4.78 is 15.8. The first kappa shape index (κ1) is 15.0. The van der Waals surface area contributed by atoms with Gasteiger partial charge in [-0.05, 0) is 54.1 Å². The van der Waals surface area contributed by atoms with Gasteiger partial charge in [-0.3, -0.25) is 5.10 Å². The first-order valence-electron chi connectivity index (χ1n) is 7.17. The van der Waals surface area contributed by atoms with E-state index in [-0.39, 0.29) is 0 Å². The van der Waals surface area contributed by atoms with Crippen LogP contribution in [0.15, 0.2) is 48.5 Å². The van der Waals surface area contributed by atoms with Crippen LogP contribution in [0, 0.1) is 0 Å². The lowest BCUT2D eigenvalue weighted by Gasteiger charge is -2.08. The molecule has 0 fully saturated rings. The summed E-state index contributed by atoms with van der Waals surface area (Å²) in [5.74, 6) is 2.20. The summed E-state index contributed by atoms with van der Waals surface area (Å²) in [6, 6.07) is 15.6. The van der Waals surface area contributed by atoms with Gasteiger partial charge in [0, 0.05) is 5.56 Å². The third-order valence-corrected chi connectivity index (χ3v) is 3.66. The van der Waals surface area contributed by atoms with Crippen molar-refractivity contribution in [1.82, 2.24) is 10.2 Å². The highest BCUT2D eigenvalue weighted by Gasteiger charge is 2.10. The lowest BCUT2D eigenvalue weighted by atomic mass is 10.1.